The number of nitrogen functional groups attached to an aromatic ring is 1. The number of anilines is 1. The van der Waals surface area contributed by atoms with Crippen LogP contribution in [0.2, 0.25) is 0 Å². The van der Waals surface area contributed by atoms with E-state index >= 15 is 0 Å². The van der Waals surface area contributed by atoms with Crippen LogP contribution in [-0.2, 0) is 0 Å². The Morgan fingerprint density at radius 3 is 2.67 bits per heavy atom. The number of nitrogens with two attached hydrogens (primary N) is 1. The van der Waals surface area contributed by atoms with Crippen molar-refractivity contribution in [2.45, 2.75) is 18.8 Å². The van der Waals surface area contributed by atoms with Gasteiger partial charge in [-0.05, 0) is 36.9 Å². The van der Waals surface area contributed by atoms with Crippen molar-refractivity contribution in [3.05, 3.63) is 23.9 Å². The molecular weight excluding hydrogens is 233 g/mol. The van der Waals surface area contributed by atoms with Crippen molar-refractivity contribution in [1.29, 1.82) is 0 Å². The Morgan fingerprint density at radius 1 is 1.33 bits per heavy atom. The Hall–Kier alpha value is -0.510. The van der Waals surface area contributed by atoms with Crippen LogP contribution in [0.15, 0.2) is 18.3 Å². The number of aromatic nitrogens is 1. The van der Waals surface area contributed by atoms with E-state index in [9.17, 15) is 0 Å². The van der Waals surface area contributed by atoms with E-state index in [0.29, 0.717) is 11.7 Å². The predicted octanol–water partition coefficient (Wildman–Crippen LogP) is 1.97. The van der Waals surface area contributed by atoms with Crippen LogP contribution in [0.5, 0.6) is 0 Å². The summed E-state index contributed by atoms with van der Waals surface area (Å²) in [5.74, 6) is 1.23. The molecule has 1 aliphatic heterocycles. The number of rotatable bonds is 1. The largest absolute Gasteiger partial charge is 0.384 e. The maximum absolute atomic E-state index is 5.53. The molecule has 1 saturated heterocycles. The van der Waals surface area contributed by atoms with Crippen molar-refractivity contribution in [1.82, 2.24) is 10.3 Å². The Labute approximate surface area is 103 Å². The first-order valence-corrected chi connectivity index (χ1v) is 4.78. The van der Waals surface area contributed by atoms with Crippen molar-refractivity contribution in [3.8, 4) is 0 Å². The first-order chi connectivity index (χ1) is 6.36. The molecule has 2 rings (SSSR count). The second kappa shape index (κ2) is 6.88. The Bertz CT molecular complexity index is 271. The standard InChI is InChI=1S/C10H15N3.2ClH/c11-10-4-3-9(7-13-10)8-2-1-5-12-6-8;;/h3-4,7-8,12H,1-2,5-6H2,(H2,11,13);2*1H/t8-;;/m1../s1. The summed E-state index contributed by atoms with van der Waals surface area (Å²) in [6.07, 6.45) is 4.42. The lowest BCUT2D eigenvalue weighted by molar-refractivity contribution is 0.461. The molecule has 0 radical (unpaired) electrons. The van der Waals surface area contributed by atoms with Crippen molar-refractivity contribution in [2.75, 3.05) is 18.8 Å². The lowest BCUT2D eigenvalue weighted by atomic mass is 9.93. The number of halogens is 2. The van der Waals surface area contributed by atoms with E-state index < -0.39 is 0 Å². The first-order valence-electron chi connectivity index (χ1n) is 4.78. The van der Waals surface area contributed by atoms with Crippen molar-refractivity contribution < 1.29 is 0 Å². The Kier molecular flexibility index (Phi) is 6.65. The van der Waals surface area contributed by atoms with Crippen LogP contribution >= 0.6 is 24.8 Å². The summed E-state index contributed by atoms with van der Waals surface area (Å²) in [5.41, 5.74) is 6.84. The van der Waals surface area contributed by atoms with Crippen LogP contribution in [0.3, 0.4) is 0 Å². The number of hydrogen-bond donors (Lipinski definition) is 2. The third-order valence-corrected chi connectivity index (χ3v) is 2.58. The molecule has 15 heavy (non-hydrogen) atoms. The minimum absolute atomic E-state index is 0. The summed E-state index contributed by atoms with van der Waals surface area (Å²) in [6.45, 7) is 2.23. The summed E-state index contributed by atoms with van der Waals surface area (Å²) in [6, 6.07) is 3.96. The van der Waals surface area contributed by atoms with Crippen LogP contribution in [0.25, 0.3) is 0 Å². The van der Waals surface area contributed by atoms with E-state index in [2.05, 4.69) is 16.4 Å². The average Bonchev–Trinajstić information content (AvgIpc) is 2.20. The summed E-state index contributed by atoms with van der Waals surface area (Å²) < 4.78 is 0. The fraction of sp³-hybridized carbons (Fsp3) is 0.500. The van der Waals surface area contributed by atoms with Crippen LogP contribution in [0.4, 0.5) is 5.82 Å². The fourth-order valence-electron chi connectivity index (χ4n) is 1.79. The number of nitrogens with one attached hydrogen (secondary N) is 1. The van der Waals surface area contributed by atoms with Crippen molar-refractivity contribution in [2.24, 2.45) is 0 Å². The van der Waals surface area contributed by atoms with Gasteiger partial charge in [-0.3, -0.25) is 0 Å². The van der Waals surface area contributed by atoms with Crippen LogP contribution < -0.4 is 11.1 Å². The molecule has 0 spiro atoms. The van der Waals surface area contributed by atoms with Crippen LogP contribution in [-0.4, -0.2) is 18.1 Å². The molecule has 2 heterocycles. The fourth-order valence-corrected chi connectivity index (χ4v) is 1.79. The summed E-state index contributed by atoms with van der Waals surface area (Å²) >= 11 is 0. The highest BCUT2D eigenvalue weighted by molar-refractivity contribution is 5.85. The quantitative estimate of drug-likeness (QED) is 0.801. The normalized spacial score (nSPS) is 19.9. The smallest absolute Gasteiger partial charge is 0.123 e. The highest BCUT2D eigenvalue weighted by Gasteiger charge is 2.14. The molecular formula is C10H17Cl2N3. The number of pyridine rings is 1. The third-order valence-electron chi connectivity index (χ3n) is 2.58. The van der Waals surface area contributed by atoms with Gasteiger partial charge in [-0.25, -0.2) is 4.98 Å². The molecule has 1 aliphatic rings. The minimum Gasteiger partial charge on any atom is -0.384 e. The zero-order valence-electron chi connectivity index (χ0n) is 8.48. The van der Waals surface area contributed by atoms with Gasteiger partial charge in [0.25, 0.3) is 0 Å². The predicted molar refractivity (Wildman–Crippen MR) is 68.0 cm³/mol. The van der Waals surface area contributed by atoms with E-state index in [1.165, 1.54) is 18.4 Å². The van der Waals surface area contributed by atoms with E-state index in [1.807, 2.05) is 12.3 Å². The van der Waals surface area contributed by atoms with Gasteiger partial charge in [0, 0.05) is 12.7 Å². The first kappa shape index (κ1) is 14.5. The van der Waals surface area contributed by atoms with Gasteiger partial charge in [0.05, 0.1) is 0 Å². The molecule has 1 atom stereocenters. The molecule has 0 aromatic carbocycles. The van der Waals surface area contributed by atoms with Crippen molar-refractivity contribution >= 4 is 30.6 Å². The number of piperidine rings is 1. The average molecular weight is 250 g/mol. The lowest BCUT2D eigenvalue weighted by Gasteiger charge is -2.22. The highest BCUT2D eigenvalue weighted by atomic mass is 35.5. The van der Waals surface area contributed by atoms with Crippen molar-refractivity contribution in [3.63, 3.8) is 0 Å². The highest BCUT2D eigenvalue weighted by Crippen LogP contribution is 2.22. The van der Waals surface area contributed by atoms with Crippen LogP contribution in [0.1, 0.15) is 24.3 Å². The topological polar surface area (TPSA) is 50.9 Å². The summed E-state index contributed by atoms with van der Waals surface area (Å²) in [5, 5.41) is 3.39. The molecule has 3 N–H and O–H groups in total. The molecule has 5 heteroatoms. The molecule has 0 aliphatic carbocycles. The van der Waals surface area contributed by atoms with Gasteiger partial charge in [0.1, 0.15) is 5.82 Å². The van der Waals surface area contributed by atoms with Gasteiger partial charge in [0.15, 0.2) is 0 Å². The molecule has 86 valence electrons. The van der Waals surface area contributed by atoms with E-state index in [4.69, 9.17) is 5.73 Å². The molecule has 1 aromatic heterocycles. The third kappa shape index (κ3) is 3.86. The zero-order valence-corrected chi connectivity index (χ0v) is 10.1. The van der Waals surface area contributed by atoms with Gasteiger partial charge < -0.3 is 11.1 Å². The monoisotopic (exact) mass is 249 g/mol. The number of hydrogen-bond acceptors (Lipinski definition) is 3. The van der Waals surface area contributed by atoms with Gasteiger partial charge in [-0.2, -0.15) is 0 Å². The zero-order chi connectivity index (χ0) is 9.10. The van der Waals surface area contributed by atoms with Gasteiger partial charge in [-0.15, -0.1) is 24.8 Å². The summed E-state index contributed by atoms with van der Waals surface area (Å²) in [7, 11) is 0. The molecule has 0 saturated carbocycles. The maximum atomic E-state index is 5.53. The van der Waals surface area contributed by atoms with E-state index in [0.717, 1.165) is 13.1 Å². The summed E-state index contributed by atoms with van der Waals surface area (Å²) in [4.78, 5) is 4.10. The van der Waals surface area contributed by atoms with E-state index in [1.54, 1.807) is 0 Å². The van der Waals surface area contributed by atoms with Crippen LogP contribution in [0, 0.1) is 0 Å². The second-order valence-corrected chi connectivity index (χ2v) is 3.56. The van der Waals surface area contributed by atoms with E-state index in [-0.39, 0.29) is 24.8 Å². The van der Waals surface area contributed by atoms with Gasteiger partial charge in [0.2, 0.25) is 0 Å². The second-order valence-electron chi connectivity index (χ2n) is 3.56. The molecule has 0 amide bonds. The van der Waals surface area contributed by atoms with Gasteiger partial charge in [-0.1, -0.05) is 6.07 Å². The SMILES string of the molecule is Cl.Cl.Nc1ccc([C@@H]2CCCNC2)cn1. The molecule has 1 fully saturated rings. The van der Waals surface area contributed by atoms with Gasteiger partial charge >= 0.3 is 0 Å². The number of nitrogens with zero attached hydrogens (tertiary/aromatic N) is 1. The lowest BCUT2D eigenvalue weighted by Crippen LogP contribution is -2.28. The Balaban J connectivity index is 0.000000980. The minimum atomic E-state index is 0. The molecule has 1 aromatic rings. The maximum Gasteiger partial charge on any atom is 0.123 e. The molecule has 0 unspecified atom stereocenters. The molecule has 0 bridgehead atoms. The Morgan fingerprint density at radius 2 is 2.13 bits per heavy atom. The molecule has 3 nitrogen and oxygen atoms in total.